The summed E-state index contributed by atoms with van der Waals surface area (Å²) < 4.78 is 5.05. The summed E-state index contributed by atoms with van der Waals surface area (Å²) >= 11 is 0. The molecule has 2 rings (SSSR count). The number of benzene rings is 1. The minimum Gasteiger partial charge on any atom is -0.495 e. The number of amides is 2. The molecule has 6 heteroatoms. The van der Waals surface area contributed by atoms with E-state index in [-0.39, 0.29) is 12.3 Å². The molecule has 0 aromatic heterocycles. The van der Waals surface area contributed by atoms with Crippen molar-refractivity contribution < 1.29 is 14.3 Å². The lowest BCUT2D eigenvalue weighted by molar-refractivity contribution is -0.123. The zero-order valence-corrected chi connectivity index (χ0v) is 10.1. The highest BCUT2D eigenvalue weighted by molar-refractivity contribution is 6.00. The largest absolute Gasteiger partial charge is 0.495 e. The molecule has 0 saturated carbocycles. The maximum absolute atomic E-state index is 11.8. The molecule has 0 radical (unpaired) electrons. The van der Waals surface area contributed by atoms with Gasteiger partial charge in [-0.2, -0.15) is 0 Å². The van der Waals surface area contributed by atoms with Crippen LogP contribution in [-0.4, -0.2) is 25.5 Å². The topological polar surface area (TPSA) is 98.6 Å². The van der Waals surface area contributed by atoms with E-state index >= 15 is 0 Å². The van der Waals surface area contributed by atoms with E-state index in [1.807, 2.05) is 0 Å². The molecular weight excluding hydrogens is 234 g/mol. The molecule has 1 aromatic rings. The first-order valence-corrected chi connectivity index (χ1v) is 5.56. The molecule has 1 unspecified atom stereocenters. The van der Waals surface area contributed by atoms with Gasteiger partial charge in [-0.15, -0.1) is 0 Å². The SMILES string of the molecule is COc1ccc(N2CC(C(N)=O)CC2=O)cc1N. The summed E-state index contributed by atoms with van der Waals surface area (Å²) in [6.07, 6.45) is 0.154. The molecule has 1 aromatic carbocycles. The predicted molar refractivity (Wildman–Crippen MR) is 67.1 cm³/mol. The van der Waals surface area contributed by atoms with Crippen LogP contribution in [0.3, 0.4) is 0 Å². The van der Waals surface area contributed by atoms with Crippen molar-refractivity contribution in [2.45, 2.75) is 6.42 Å². The first kappa shape index (κ1) is 12.2. The minimum atomic E-state index is -0.452. The van der Waals surface area contributed by atoms with E-state index in [2.05, 4.69) is 0 Å². The Hall–Kier alpha value is -2.24. The van der Waals surface area contributed by atoms with Crippen LogP contribution in [0.15, 0.2) is 18.2 Å². The van der Waals surface area contributed by atoms with Gasteiger partial charge in [0.05, 0.1) is 18.7 Å². The maximum atomic E-state index is 11.8. The van der Waals surface area contributed by atoms with Gasteiger partial charge in [0, 0.05) is 18.7 Å². The number of primary amides is 1. The van der Waals surface area contributed by atoms with Gasteiger partial charge in [0.1, 0.15) is 5.75 Å². The first-order valence-electron chi connectivity index (χ1n) is 5.56. The second-order valence-electron chi connectivity index (χ2n) is 4.23. The molecule has 0 aliphatic carbocycles. The van der Waals surface area contributed by atoms with Crippen LogP contribution in [0.4, 0.5) is 11.4 Å². The van der Waals surface area contributed by atoms with E-state index in [0.29, 0.717) is 23.7 Å². The number of nitrogens with zero attached hydrogens (tertiary/aromatic N) is 1. The third-order valence-electron chi connectivity index (χ3n) is 3.05. The van der Waals surface area contributed by atoms with Crippen molar-refractivity contribution in [2.75, 3.05) is 24.3 Å². The highest BCUT2D eigenvalue weighted by Crippen LogP contribution is 2.30. The first-order chi connectivity index (χ1) is 8.52. The lowest BCUT2D eigenvalue weighted by atomic mass is 10.1. The molecule has 1 aliphatic heterocycles. The van der Waals surface area contributed by atoms with Crippen molar-refractivity contribution in [3.8, 4) is 5.75 Å². The maximum Gasteiger partial charge on any atom is 0.227 e. The third kappa shape index (κ3) is 2.09. The van der Waals surface area contributed by atoms with Gasteiger partial charge in [0.2, 0.25) is 11.8 Å². The average molecular weight is 249 g/mol. The Morgan fingerprint density at radius 2 is 2.22 bits per heavy atom. The molecule has 1 fully saturated rings. The molecule has 18 heavy (non-hydrogen) atoms. The monoisotopic (exact) mass is 249 g/mol. The number of carbonyl (C=O) groups excluding carboxylic acids is 2. The number of anilines is 2. The molecule has 0 spiro atoms. The average Bonchev–Trinajstić information content (AvgIpc) is 2.71. The van der Waals surface area contributed by atoms with Crippen molar-refractivity contribution in [2.24, 2.45) is 11.7 Å². The van der Waals surface area contributed by atoms with E-state index in [0.717, 1.165) is 0 Å². The van der Waals surface area contributed by atoms with Crippen LogP contribution < -0.4 is 21.1 Å². The molecule has 1 saturated heterocycles. The van der Waals surface area contributed by atoms with Gasteiger partial charge in [0.15, 0.2) is 0 Å². The zero-order chi connectivity index (χ0) is 13.3. The van der Waals surface area contributed by atoms with E-state index in [4.69, 9.17) is 16.2 Å². The van der Waals surface area contributed by atoms with Gasteiger partial charge in [-0.25, -0.2) is 0 Å². The third-order valence-corrected chi connectivity index (χ3v) is 3.05. The Kier molecular flexibility index (Phi) is 3.10. The van der Waals surface area contributed by atoms with E-state index in [9.17, 15) is 9.59 Å². The number of nitrogens with two attached hydrogens (primary N) is 2. The Morgan fingerprint density at radius 3 is 2.72 bits per heavy atom. The van der Waals surface area contributed by atoms with Crippen molar-refractivity contribution in [1.82, 2.24) is 0 Å². The second kappa shape index (κ2) is 4.56. The van der Waals surface area contributed by atoms with Crippen molar-refractivity contribution in [1.29, 1.82) is 0 Å². The van der Waals surface area contributed by atoms with Gasteiger partial charge in [0.25, 0.3) is 0 Å². The quantitative estimate of drug-likeness (QED) is 0.743. The molecule has 96 valence electrons. The predicted octanol–water partition coefficient (Wildman–Crippen LogP) is 0.116. The van der Waals surface area contributed by atoms with Crippen LogP contribution in [-0.2, 0) is 9.59 Å². The van der Waals surface area contributed by atoms with Crippen molar-refractivity contribution in [3.05, 3.63) is 18.2 Å². The Bertz CT molecular complexity index is 501. The molecule has 1 aliphatic rings. The summed E-state index contributed by atoms with van der Waals surface area (Å²) in [5.41, 5.74) is 12.1. The van der Waals surface area contributed by atoms with Crippen LogP contribution in [0.1, 0.15) is 6.42 Å². The molecular formula is C12H15N3O3. The fourth-order valence-electron chi connectivity index (χ4n) is 2.04. The molecule has 1 heterocycles. The molecule has 4 N–H and O–H groups in total. The summed E-state index contributed by atoms with van der Waals surface area (Å²) in [4.78, 5) is 24.4. The Morgan fingerprint density at radius 1 is 1.50 bits per heavy atom. The van der Waals surface area contributed by atoms with Crippen LogP contribution in [0.2, 0.25) is 0 Å². The summed E-state index contributed by atoms with van der Waals surface area (Å²) in [6.45, 7) is 0.305. The highest BCUT2D eigenvalue weighted by atomic mass is 16.5. The summed E-state index contributed by atoms with van der Waals surface area (Å²) in [6, 6.07) is 5.08. The molecule has 0 bridgehead atoms. The summed E-state index contributed by atoms with van der Waals surface area (Å²) in [5.74, 6) is -0.451. The Balaban J connectivity index is 2.24. The Labute approximate surface area is 104 Å². The number of rotatable bonds is 3. The van der Waals surface area contributed by atoms with Gasteiger partial charge in [-0.05, 0) is 18.2 Å². The number of hydrogen-bond donors (Lipinski definition) is 2. The number of carbonyl (C=O) groups is 2. The summed E-state index contributed by atoms with van der Waals surface area (Å²) in [5, 5.41) is 0. The molecule has 1 atom stereocenters. The van der Waals surface area contributed by atoms with E-state index in [1.165, 1.54) is 12.0 Å². The van der Waals surface area contributed by atoms with Crippen LogP contribution in [0, 0.1) is 5.92 Å². The normalized spacial score (nSPS) is 19.1. The van der Waals surface area contributed by atoms with Gasteiger partial charge >= 0.3 is 0 Å². The fourth-order valence-corrected chi connectivity index (χ4v) is 2.04. The zero-order valence-electron chi connectivity index (χ0n) is 10.1. The lowest BCUT2D eigenvalue weighted by Gasteiger charge is -2.17. The lowest BCUT2D eigenvalue weighted by Crippen LogP contribution is -2.28. The number of hydrogen-bond acceptors (Lipinski definition) is 4. The van der Waals surface area contributed by atoms with Crippen molar-refractivity contribution in [3.63, 3.8) is 0 Å². The minimum absolute atomic E-state index is 0.122. The number of methoxy groups -OCH3 is 1. The standard InChI is InChI=1S/C12H15N3O3/c1-18-10-3-2-8(5-9(10)13)15-6-7(12(14)17)4-11(15)16/h2-3,5,7H,4,6,13H2,1H3,(H2,14,17). The van der Waals surface area contributed by atoms with Crippen LogP contribution >= 0.6 is 0 Å². The fraction of sp³-hybridized carbons (Fsp3) is 0.333. The number of nitrogen functional groups attached to an aromatic ring is 1. The van der Waals surface area contributed by atoms with Crippen LogP contribution in [0.25, 0.3) is 0 Å². The van der Waals surface area contributed by atoms with Crippen LogP contribution in [0.5, 0.6) is 5.75 Å². The molecule has 2 amide bonds. The van der Waals surface area contributed by atoms with Crippen molar-refractivity contribution >= 4 is 23.2 Å². The second-order valence-corrected chi connectivity index (χ2v) is 4.23. The smallest absolute Gasteiger partial charge is 0.227 e. The van der Waals surface area contributed by atoms with Gasteiger partial charge in [-0.1, -0.05) is 0 Å². The highest BCUT2D eigenvalue weighted by Gasteiger charge is 2.34. The van der Waals surface area contributed by atoms with E-state index < -0.39 is 11.8 Å². The summed E-state index contributed by atoms with van der Waals surface area (Å²) in [7, 11) is 1.52. The van der Waals surface area contributed by atoms with Gasteiger partial charge in [-0.3, -0.25) is 9.59 Å². The number of ether oxygens (including phenoxy) is 1. The van der Waals surface area contributed by atoms with E-state index in [1.54, 1.807) is 18.2 Å². The molecule has 6 nitrogen and oxygen atoms in total. The van der Waals surface area contributed by atoms with Gasteiger partial charge < -0.3 is 21.1 Å².